The first-order chi connectivity index (χ1) is 8.52. The van der Waals surface area contributed by atoms with Gasteiger partial charge in [-0.3, -0.25) is 20.4 Å². The van der Waals surface area contributed by atoms with Gasteiger partial charge in [0.05, 0.1) is 0 Å². The molecule has 0 aromatic carbocycles. The highest BCUT2D eigenvalue weighted by Crippen LogP contribution is 2.04. The van der Waals surface area contributed by atoms with Crippen molar-refractivity contribution in [1.29, 1.82) is 0 Å². The van der Waals surface area contributed by atoms with Crippen molar-refractivity contribution < 1.29 is 20.4 Å². The molecule has 6 N–H and O–H groups in total. The highest BCUT2D eigenvalue weighted by Gasteiger charge is 2.26. The molecule has 2 heterocycles. The third kappa shape index (κ3) is 4.11. The van der Waals surface area contributed by atoms with Crippen LogP contribution in [0.2, 0.25) is 0 Å². The first-order valence-electron chi connectivity index (χ1n) is 6.22. The highest BCUT2D eigenvalue weighted by molar-refractivity contribution is 4.78. The summed E-state index contributed by atoms with van der Waals surface area (Å²) < 4.78 is 0. The van der Waals surface area contributed by atoms with Crippen LogP contribution in [0.25, 0.3) is 0 Å². The summed E-state index contributed by atoms with van der Waals surface area (Å²) in [4.78, 5) is 3.90. The zero-order valence-electron chi connectivity index (χ0n) is 10.2. The van der Waals surface area contributed by atoms with Gasteiger partial charge in [0.25, 0.3) is 0 Å². The number of β-amino-alcohol motifs (C(OH)–C–C–N with tert-alkyl or cyclic N) is 4. The molecule has 2 rings (SSSR count). The van der Waals surface area contributed by atoms with Crippen molar-refractivity contribution in [3.05, 3.63) is 0 Å². The van der Waals surface area contributed by atoms with E-state index in [-0.39, 0.29) is 0 Å². The Morgan fingerprint density at radius 1 is 0.667 bits per heavy atom. The van der Waals surface area contributed by atoms with E-state index in [4.69, 9.17) is 0 Å². The van der Waals surface area contributed by atoms with E-state index in [1.807, 2.05) is 9.80 Å². The van der Waals surface area contributed by atoms with Gasteiger partial charge in [-0.2, -0.15) is 0 Å². The number of hydrogen-bond acceptors (Lipinski definition) is 8. The fourth-order valence-corrected chi connectivity index (χ4v) is 2.43. The Kier molecular flexibility index (Phi) is 4.87. The van der Waals surface area contributed by atoms with Crippen LogP contribution in [0.4, 0.5) is 0 Å². The average Bonchev–Trinajstić information content (AvgIpc) is 2.23. The number of hydrogen-bond donors (Lipinski definition) is 6. The predicted molar refractivity (Wildman–Crippen MR) is 63.2 cm³/mol. The molecule has 4 atom stereocenters. The topological polar surface area (TPSA) is 111 Å². The number of aliphatic hydroxyl groups is 4. The van der Waals surface area contributed by atoms with Crippen molar-refractivity contribution >= 4 is 0 Å². The maximum atomic E-state index is 9.45. The smallest absolute Gasteiger partial charge is 0.119 e. The van der Waals surface area contributed by atoms with Crippen molar-refractivity contribution in [2.45, 2.75) is 24.9 Å². The molecule has 0 aliphatic carbocycles. The third-order valence-electron chi connectivity index (χ3n) is 3.23. The lowest BCUT2D eigenvalue weighted by molar-refractivity contribution is -0.0562. The van der Waals surface area contributed by atoms with E-state index in [0.29, 0.717) is 39.3 Å². The van der Waals surface area contributed by atoms with Crippen LogP contribution in [-0.4, -0.2) is 94.4 Å². The first-order valence-corrected chi connectivity index (χ1v) is 6.22. The lowest BCUT2D eigenvalue weighted by Gasteiger charge is -2.38. The van der Waals surface area contributed by atoms with Crippen molar-refractivity contribution in [1.82, 2.24) is 20.4 Å². The molecule has 2 aliphatic heterocycles. The Hall–Kier alpha value is -0.320. The van der Waals surface area contributed by atoms with Gasteiger partial charge in [-0.1, -0.05) is 0 Å². The lowest BCUT2D eigenvalue weighted by atomic mass is 10.2. The molecule has 2 aliphatic rings. The van der Waals surface area contributed by atoms with Crippen LogP contribution in [0.3, 0.4) is 0 Å². The minimum Gasteiger partial charge on any atom is -0.377 e. The van der Waals surface area contributed by atoms with Crippen LogP contribution in [0.15, 0.2) is 0 Å². The van der Waals surface area contributed by atoms with Gasteiger partial charge in [-0.25, -0.2) is 0 Å². The Morgan fingerprint density at radius 3 is 1.22 bits per heavy atom. The van der Waals surface area contributed by atoms with Crippen LogP contribution < -0.4 is 10.6 Å². The van der Waals surface area contributed by atoms with E-state index >= 15 is 0 Å². The molecule has 0 amide bonds. The van der Waals surface area contributed by atoms with Crippen LogP contribution >= 0.6 is 0 Å². The Morgan fingerprint density at radius 2 is 0.944 bits per heavy atom. The molecule has 0 saturated carbocycles. The molecular formula is C10H22N4O4. The molecule has 2 saturated heterocycles. The van der Waals surface area contributed by atoms with Crippen LogP contribution in [0.1, 0.15) is 0 Å². The standard InChI is InChI=1S/C10H22N4O4/c15-7-3-13(4-8(16)11-7)1-2-14-5-9(17)12-10(18)6-14/h7-12,15-18H,1-6H2. The van der Waals surface area contributed by atoms with Gasteiger partial charge in [0.15, 0.2) is 0 Å². The fraction of sp³-hybridized carbons (Fsp3) is 1.00. The molecule has 0 spiro atoms. The lowest BCUT2D eigenvalue weighted by Crippen LogP contribution is -2.60. The van der Waals surface area contributed by atoms with Crippen molar-refractivity contribution in [2.24, 2.45) is 0 Å². The number of aliphatic hydroxyl groups excluding tert-OH is 4. The molecule has 0 radical (unpaired) electrons. The zero-order valence-corrected chi connectivity index (χ0v) is 10.2. The molecule has 8 nitrogen and oxygen atoms in total. The summed E-state index contributed by atoms with van der Waals surface area (Å²) in [6.07, 6.45) is -2.86. The molecule has 106 valence electrons. The van der Waals surface area contributed by atoms with Crippen molar-refractivity contribution in [2.75, 3.05) is 39.3 Å². The Bertz CT molecular complexity index is 224. The van der Waals surface area contributed by atoms with Crippen LogP contribution in [0, 0.1) is 0 Å². The summed E-state index contributed by atoms with van der Waals surface area (Å²) >= 11 is 0. The zero-order chi connectivity index (χ0) is 13.1. The molecular weight excluding hydrogens is 240 g/mol. The maximum absolute atomic E-state index is 9.45. The SMILES string of the molecule is OC1CN(CCN2CC(O)NC(O)C2)CC(O)N1. The molecule has 4 unspecified atom stereocenters. The fourth-order valence-electron chi connectivity index (χ4n) is 2.43. The Balaban J connectivity index is 1.73. The van der Waals surface area contributed by atoms with E-state index < -0.39 is 24.9 Å². The number of piperazine rings is 2. The summed E-state index contributed by atoms with van der Waals surface area (Å²) in [6, 6.07) is 0. The first kappa shape index (κ1) is 14.1. The molecule has 8 heteroatoms. The summed E-state index contributed by atoms with van der Waals surface area (Å²) in [5.74, 6) is 0. The van der Waals surface area contributed by atoms with E-state index in [0.717, 1.165) is 0 Å². The third-order valence-corrected chi connectivity index (χ3v) is 3.23. The van der Waals surface area contributed by atoms with Gasteiger partial charge >= 0.3 is 0 Å². The highest BCUT2D eigenvalue weighted by atomic mass is 16.3. The Labute approximate surface area is 106 Å². The summed E-state index contributed by atoms with van der Waals surface area (Å²) in [7, 11) is 0. The van der Waals surface area contributed by atoms with Crippen LogP contribution in [-0.2, 0) is 0 Å². The number of rotatable bonds is 3. The minimum atomic E-state index is -0.715. The molecule has 2 fully saturated rings. The van der Waals surface area contributed by atoms with Gasteiger partial charge in [0, 0.05) is 39.3 Å². The normalized spacial score (nSPS) is 40.0. The van der Waals surface area contributed by atoms with E-state index in [9.17, 15) is 20.4 Å². The van der Waals surface area contributed by atoms with E-state index in [1.54, 1.807) is 0 Å². The van der Waals surface area contributed by atoms with E-state index in [2.05, 4.69) is 10.6 Å². The number of nitrogens with one attached hydrogen (secondary N) is 2. The van der Waals surface area contributed by atoms with Crippen LogP contribution in [0.5, 0.6) is 0 Å². The number of nitrogens with zero attached hydrogens (tertiary/aromatic N) is 2. The summed E-state index contributed by atoms with van der Waals surface area (Å²) in [6.45, 7) is 3.22. The van der Waals surface area contributed by atoms with Crippen molar-refractivity contribution in [3.8, 4) is 0 Å². The minimum absolute atomic E-state index is 0.467. The van der Waals surface area contributed by atoms with Gasteiger partial charge in [0.1, 0.15) is 24.9 Å². The summed E-state index contributed by atoms with van der Waals surface area (Å²) in [5, 5.41) is 43.1. The second-order valence-corrected chi connectivity index (χ2v) is 4.92. The van der Waals surface area contributed by atoms with Gasteiger partial charge < -0.3 is 20.4 Å². The van der Waals surface area contributed by atoms with Gasteiger partial charge in [-0.05, 0) is 0 Å². The summed E-state index contributed by atoms with van der Waals surface area (Å²) in [5.41, 5.74) is 0. The molecule has 0 aromatic heterocycles. The van der Waals surface area contributed by atoms with Gasteiger partial charge in [-0.15, -0.1) is 0 Å². The molecule has 18 heavy (non-hydrogen) atoms. The maximum Gasteiger partial charge on any atom is 0.119 e. The molecule has 0 aromatic rings. The largest absolute Gasteiger partial charge is 0.377 e. The van der Waals surface area contributed by atoms with Gasteiger partial charge in [0.2, 0.25) is 0 Å². The quantitative estimate of drug-likeness (QED) is 0.306. The van der Waals surface area contributed by atoms with Crippen molar-refractivity contribution in [3.63, 3.8) is 0 Å². The second-order valence-electron chi connectivity index (χ2n) is 4.92. The second kappa shape index (κ2) is 6.22. The monoisotopic (exact) mass is 262 g/mol. The van der Waals surface area contributed by atoms with E-state index in [1.165, 1.54) is 0 Å². The predicted octanol–water partition coefficient (Wildman–Crippen LogP) is -3.93. The molecule has 0 bridgehead atoms. The average molecular weight is 262 g/mol.